The molecule has 0 bridgehead atoms. The summed E-state index contributed by atoms with van der Waals surface area (Å²) in [6.07, 6.45) is 2.08. The molecule has 1 N–H and O–H groups in total. The minimum atomic E-state index is 0.272. The third-order valence-corrected chi connectivity index (χ3v) is 3.10. The minimum absolute atomic E-state index is 0.272. The number of nitrogens with one attached hydrogen (secondary N) is 1. The van der Waals surface area contributed by atoms with Gasteiger partial charge < -0.3 is 10.1 Å². The Morgan fingerprint density at radius 2 is 2.18 bits per heavy atom. The zero-order valence-electron chi connectivity index (χ0n) is 10.9. The zero-order chi connectivity index (χ0) is 12.8. The van der Waals surface area contributed by atoms with Gasteiger partial charge in [0.25, 0.3) is 0 Å². The first kappa shape index (κ1) is 14.3. The molecule has 0 fully saturated rings. The number of ether oxygens (including phenoxy) is 1. The quantitative estimate of drug-likeness (QED) is 0.827. The summed E-state index contributed by atoms with van der Waals surface area (Å²) in [4.78, 5) is 0. The Kier molecular flexibility index (Phi) is 5.72. The molecule has 17 heavy (non-hydrogen) atoms. The molecule has 2 nitrogen and oxygen atoms in total. The van der Waals surface area contributed by atoms with Crippen molar-refractivity contribution >= 4 is 15.9 Å². The summed E-state index contributed by atoms with van der Waals surface area (Å²) in [5, 5.41) is 3.23. The third kappa shape index (κ3) is 4.52. The van der Waals surface area contributed by atoms with Crippen LogP contribution in [0.3, 0.4) is 0 Å². The van der Waals surface area contributed by atoms with E-state index in [1.165, 1.54) is 11.1 Å². The minimum Gasteiger partial charge on any atom is -0.489 e. The highest BCUT2D eigenvalue weighted by Gasteiger charge is 2.10. The first-order valence-corrected chi connectivity index (χ1v) is 6.56. The van der Waals surface area contributed by atoms with E-state index in [0.717, 1.165) is 10.2 Å². The molecule has 0 aromatic heterocycles. The molecule has 1 unspecified atom stereocenters. The van der Waals surface area contributed by atoms with Crippen LogP contribution in [0.4, 0.5) is 0 Å². The summed E-state index contributed by atoms with van der Waals surface area (Å²) in [5.74, 6) is 0.938. The fraction of sp³-hybridized carbons (Fsp3) is 0.429. The second kappa shape index (κ2) is 6.82. The number of benzene rings is 1. The molecular formula is C14H20BrNO. The molecule has 1 aromatic carbocycles. The van der Waals surface area contributed by atoms with E-state index >= 15 is 0 Å². The molecule has 0 heterocycles. The molecular weight excluding hydrogens is 278 g/mol. The standard InChI is InChI=1S/C14H20BrNO/c1-10(2)7-8-17-14-6-5-12(15)9-13(14)11(3)16-4/h5-7,9,11,16H,8H2,1-4H3. The van der Waals surface area contributed by atoms with Gasteiger partial charge in [0.2, 0.25) is 0 Å². The molecule has 0 radical (unpaired) electrons. The third-order valence-electron chi connectivity index (χ3n) is 2.60. The van der Waals surface area contributed by atoms with Gasteiger partial charge in [0.1, 0.15) is 12.4 Å². The monoisotopic (exact) mass is 297 g/mol. The number of hydrogen-bond acceptors (Lipinski definition) is 2. The van der Waals surface area contributed by atoms with Gasteiger partial charge in [-0.2, -0.15) is 0 Å². The zero-order valence-corrected chi connectivity index (χ0v) is 12.5. The maximum atomic E-state index is 5.79. The Labute approximate surface area is 112 Å². The van der Waals surface area contributed by atoms with Crippen LogP contribution in [-0.2, 0) is 0 Å². The summed E-state index contributed by atoms with van der Waals surface area (Å²) in [6.45, 7) is 6.88. The van der Waals surface area contributed by atoms with Crippen LogP contribution in [0, 0.1) is 0 Å². The predicted octanol–water partition coefficient (Wildman–Crippen LogP) is 4.07. The second-order valence-electron chi connectivity index (χ2n) is 4.28. The molecule has 1 rings (SSSR count). The SMILES string of the molecule is CNC(C)c1cc(Br)ccc1OCC=C(C)C. The average Bonchev–Trinajstić information content (AvgIpc) is 2.29. The Balaban J connectivity index is 2.86. The van der Waals surface area contributed by atoms with Gasteiger partial charge in [-0.15, -0.1) is 0 Å². The van der Waals surface area contributed by atoms with Crippen molar-refractivity contribution < 1.29 is 4.74 Å². The molecule has 94 valence electrons. The molecule has 1 aromatic rings. The topological polar surface area (TPSA) is 21.3 Å². The number of hydrogen-bond donors (Lipinski definition) is 1. The van der Waals surface area contributed by atoms with Crippen LogP contribution in [0.5, 0.6) is 5.75 Å². The summed E-state index contributed by atoms with van der Waals surface area (Å²) < 4.78 is 6.86. The number of halogens is 1. The number of allylic oxidation sites excluding steroid dienone is 1. The first-order chi connectivity index (χ1) is 8.04. The summed E-state index contributed by atoms with van der Waals surface area (Å²) in [7, 11) is 1.95. The lowest BCUT2D eigenvalue weighted by Crippen LogP contribution is -2.14. The molecule has 0 saturated heterocycles. The van der Waals surface area contributed by atoms with Gasteiger partial charge in [-0.3, -0.25) is 0 Å². The summed E-state index contributed by atoms with van der Waals surface area (Å²) in [6, 6.07) is 6.38. The van der Waals surface area contributed by atoms with E-state index in [1.807, 2.05) is 19.2 Å². The lowest BCUT2D eigenvalue weighted by molar-refractivity contribution is 0.354. The Hall–Kier alpha value is -0.800. The van der Waals surface area contributed by atoms with Gasteiger partial charge in [-0.1, -0.05) is 21.5 Å². The Morgan fingerprint density at radius 1 is 1.47 bits per heavy atom. The molecule has 3 heteroatoms. The van der Waals surface area contributed by atoms with Crippen molar-refractivity contribution in [1.82, 2.24) is 5.32 Å². The van der Waals surface area contributed by atoms with Gasteiger partial charge in [0.05, 0.1) is 0 Å². The van der Waals surface area contributed by atoms with E-state index in [1.54, 1.807) is 0 Å². The molecule has 0 aliphatic rings. The van der Waals surface area contributed by atoms with Gasteiger partial charge >= 0.3 is 0 Å². The maximum Gasteiger partial charge on any atom is 0.124 e. The van der Waals surface area contributed by atoms with E-state index in [4.69, 9.17) is 4.74 Å². The van der Waals surface area contributed by atoms with E-state index < -0.39 is 0 Å². The fourth-order valence-corrected chi connectivity index (χ4v) is 1.82. The van der Waals surface area contributed by atoms with Crippen molar-refractivity contribution in [2.45, 2.75) is 26.8 Å². The molecule has 0 aliphatic carbocycles. The first-order valence-electron chi connectivity index (χ1n) is 5.77. The average molecular weight is 298 g/mol. The van der Waals surface area contributed by atoms with Gasteiger partial charge in [-0.25, -0.2) is 0 Å². The van der Waals surface area contributed by atoms with E-state index in [9.17, 15) is 0 Å². The van der Waals surface area contributed by atoms with Crippen molar-refractivity contribution in [2.24, 2.45) is 0 Å². The number of rotatable bonds is 5. The van der Waals surface area contributed by atoms with E-state index in [-0.39, 0.29) is 6.04 Å². The lowest BCUT2D eigenvalue weighted by atomic mass is 10.1. The van der Waals surface area contributed by atoms with Crippen molar-refractivity contribution in [2.75, 3.05) is 13.7 Å². The Bertz CT molecular complexity index is 397. The normalized spacial score (nSPS) is 12.1. The van der Waals surface area contributed by atoms with Crippen molar-refractivity contribution in [3.05, 3.63) is 39.9 Å². The van der Waals surface area contributed by atoms with E-state index in [2.05, 4.69) is 54.2 Å². The summed E-state index contributed by atoms with van der Waals surface area (Å²) >= 11 is 3.49. The highest BCUT2D eigenvalue weighted by molar-refractivity contribution is 9.10. The molecule has 1 atom stereocenters. The van der Waals surface area contributed by atoms with Crippen LogP contribution >= 0.6 is 15.9 Å². The van der Waals surface area contributed by atoms with Gasteiger partial charge in [-0.05, 0) is 52.1 Å². The highest BCUT2D eigenvalue weighted by Crippen LogP contribution is 2.28. The Morgan fingerprint density at radius 3 is 2.76 bits per heavy atom. The van der Waals surface area contributed by atoms with Crippen molar-refractivity contribution in [3.63, 3.8) is 0 Å². The van der Waals surface area contributed by atoms with Crippen LogP contribution in [0.25, 0.3) is 0 Å². The van der Waals surface area contributed by atoms with Crippen LogP contribution in [0.15, 0.2) is 34.3 Å². The van der Waals surface area contributed by atoms with E-state index in [0.29, 0.717) is 6.61 Å². The van der Waals surface area contributed by atoms with Crippen molar-refractivity contribution in [1.29, 1.82) is 0 Å². The van der Waals surface area contributed by atoms with Crippen LogP contribution in [-0.4, -0.2) is 13.7 Å². The smallest absolute Gasteiger partial charge is 0.124 e. The summed E-state index contributed by atoms with van der Waals surface area (Å²) in [5.41, 5.74) is 2.44. The maximum absolute atomic E-state index is 5.79. The molecule has 0 amide bonds. The van der Waals surface area contributed by atoms with Gasteiger partial charge in [0, 0.05) is 16.1 Å². The predicted molar refractivity (Wildman–Crippen MR) is 76.5 cm³/mol. The van der Waals surface area contributed by atoms with Crippen LogP contribution in [0.1, 0.15) is 32.4 Å². The van der Waals surface area contributed by atoms with Crippen LogP contribution < -0.4 is 10.1 Å². The highest BCUT2D eigenvalue weighted by atomic mass is 79.9. The largest absolute Gasteiger partial charge is 0.489 e. The van der Waals surface area contributed by atoms with Crippen molar-refractivity contribution in [3.8, 4) is 5.75 Å². The molecule has 0 spiro atoms. The molecule has 0 aliphatic heterocycles. The van der Waals surface area contributed by atoms with Gasteiger partial charge in [0.15, 0.2) is 0 Å². The van der Waals surface area contributed by atoms with Crippen LogP contribution in [0.2, 0.25) is 0 Å². The molecule has 0 saturated carbocycles. The lowest BCUT2D eigenvalue weighted by Gasteiger charge is -2.16. The fourth-order valence-electron chi connectivity index (χ4n) is 1.44. The second-order valence-corrected chi connectivity index (χ2v) is 5.20.